The molecule has 8 heteroatoms. The Morgan fingerprint density at radius 1 is 1.06 bits per heavy atom. The molecule has 0 unspecified atom stereocenters. The molecular weight excluding hydrogens is 394 g/mol. The maximum absolute atomic E-state index is 12.6. The van der Waals surface area contributed by atoms with Gasteiger partial charge in [0.1, 0.15) is 0 Å². The van der Waals surface area contributed by atoms with Crippen LogP contribution in [0.25, 0.3) is 0 Å². The van der Waals surface area contributed by atoms with E-state index in [1.807, 2.05) is 28.9 Å². The fraction of sp³-hybridized carbons (Fsp3) is 0.609. The van der Waals surface area contributed by atoms with Crippen LogP contribution in [0, 0.1) is 0 Å². The highest BCUT2D eigenvalue weighted by Crippen LogP contribution is 2.27. The number of aryl methyl sites for hydroxylation is 2. The number of nitrogens with zero attached hydrogens (tertiary/aromatic N) is 5. The molecule has 31 heavy (non-hydrogen) atoms. The molecule has 2 aromatic heterocycles. The lowest BCUT2D eigenvalue weighted by molar-refractivity contribution is -0.132. The van der Waals surface area contributed by atoms with Crippen LogP contribution in [0.1, 0.15) is 79.1 Å². The summed E-state index contributed by atoms with van der Waals surface area (Å²) in [5, 5.41) is 3.87. The number of carbonyl (C=O) groups excluding carboxylic acids is 2. The summed E-state index contributed by atoms with van der Waals surface area (Å²) in [6.45, 7) is 5.12. The van der Waals surface area contributed by atoms with Crippen molar-refractivity contribution in [3.8, 4) is 0 Å². The van der Waals surface area contributed by atoms with Gasteiger partial charge in [-0.25, -0.2) is 0 Å². The first-order valence-corrected chi connectivity index (χ1v) is 11.5. The molecule has 4 heterocycles. The van der Waals surface area contributed by atoms with Gasteiger partial charge >= 0.3 is 0 Å². The third kappa shape index (κ3) is 5.29. The van der Waals surface area contributed by atoms with Crippen LogP contribution < -0.4 is 0 Å². The number of pyridine rings is 1. The number of rotatable bonds is 6. The first-order chi connectivity index (χ1) is 15.1. The zero-order chi connectivity index (χ0) is 21.6. The predicted octanol–water partition coefficient (Wildman–Crippen LogP) is 2.99. The lowest BCUT2D eigenvalue weighted by atomic mass is 9.92. The van der Waals surface area contributed by atoms with Crippen LogP contribution >= 0.6 is 0 Å². The van der Waals surface area contributed by atoms with Crippen LogP contribution in [0.2, 0.25) is 0 Å². The summed E-state index contributed by atoms with van der Waals surface area (Å²) in [5.41, 5.74) is 1.69. The van der Waals surface area contributed by atoms with Crippen molar-refractivity contribution in [1.82, 2.24) is 24.9 Å². The van der Waals surface area contributed by atoms with Crippen molar-refractivity contribution < 1.29 is 14.1 Å². The first kappa shape index (κ1) is 21.5. The third-order valence-corrected chi connectivity index (χ3v) is 6.32. The molecule has 2 saturated heterocycles. The average Bonchev–Trinajstić information content (AvgIpc) is 3.31. The number of likely N-dealkylation sites (tertiary alicyclic amines) is 2. The van der Waals surface area contributed by atoms with Crippen LogP contribution in [-0.2, 0) is 17.6 Å². The van der Waals surface area contributed by atoms with E-state index in [0.717, 1.165) is 64.0 Å². The summed E-state index contributed by atoms with van der Waals surface area (Å²) in [4.78, 5) is 37.9. The fourth-order valence-corrected chi connectivity index (χ4v) is 4.38. The number of hydrogen-bond donors (Lipinski definition) is 0. The van der Waals surface area contributed by atoms with Gasteiger partial charge in [0, 0.05) is 63.3 Å². The van der Waals surface area contributed by atoms with Crippen LogP contribution in [0.15, 0.2) is 22.9 Å². The van der Waals surface area contributed by atoms with Crippen molar-refractivity contribution in [2.45, 2.75) is 64.2 Å². The van der Waals surface area contributed by atoms with Gasteiger partial charge in [0.05, 0.1) is 5.56 Å². The molecule has 4 rings (SSSR count). The molecular formula is C23H31N5O3. The second-order valence-electron chi connectivity index (χ2n) is 8.44. The summed E-state index contributed by atoms with van der Waals surface area (Å²) in [6, 6.07) is 3.89. The third-order valence-electron chi connectivity index (χ3n) is 6.32. The second kappa shape index (κ2) is 10.0. The van der Waals surface area contributed by atoms with Crippen LogP contribution in [0.5, 0.6) is 0 Å². The summed E-state index contributed by atoms with van der Waals surface area (Å²) < 4.78 is 5.17. The van der Waals surface area contributed by atoms with Crippen molar-refractivity contribution in [3.05, 3.63) is 41.3 Å². The van der Waals surface area contributed by atoms with Gasteiger partial charge in [0.25, 0.3) is 5.91 Å². The molecule has 2 aromatic rings. The van der Waals surface area contributed by atoms with Gasteiger partial charge in [0.2, 0.25) is 11.8 Å². The molecule has 0 aromatic carbocycles. The van der Waals surface area contributed by atoms with Gasteiger partial charge in [-0.15, -0.1) is 0 Å². The fourth-order valence-electron chi connectivity index (χ4n) is 4.38. The number of hydrogen-bond acceptors (Lipinski definition) is 6. The lowest BCUT2D eigenvalue weighted by Gasteiger charge is -2.32. The molecule has 166 valence electrons. The van der Waals surface area contributed by atoms with E-state index >= 15 is 0 Å². The second-order valence-corrected chi connectivity index (χ2v) is 8.44. The van der Waals surface area contributed by atoms with Crippen molar-refractivity contribution in [2.24, 2.45) is 0 Å². The van der Waals surface area contributed by atoms with E-state index in [-0.39, 0.29) is 11.8 Å². The highest BCUT2D eigenvalue weighted by Gasteiger charge is 2.25. The van der Waals surface area contributed by atoms with E-state index in [1.54, 1.807) is 6.20 Å². The van der Waals surface area contributed by atoms with Gasteiger partial charge < -0.3 is 14.3 Å². The average molecular weight is 426 g/mol. The Morgan fingerprint density at radius 2 is 1.84 bits per heavy atom. The molecule has 2 aliphatic rings. The summed E-state index contributed by atoms with van der Waals surface area (Å²) >= 11 is 0. The molecule has 0 bridgehead atoms. The van der Waals surface area contributed by atoms with Crippen LogP contribution in [-0.4, -0.2) is 62.9 Å². The molecule has 2 aliphatic heterocycles. The number of aromatic nitrogens is 3. The van der Waals surface area contributed by atoms with Gasteiger partial charge in [0.15, 0.2) is 5.82 Å². The minimum Gasteiger partial charge on any atom is -0.343 e. The molecule has 0 radical (unpaired) electrons. The first-order valence-electron chi connectivity index (χ1n) is 11.5. The maximum Gasteiger partial charge on any atom is 0.255 e. The number of carbonyl (C=O) groups is 2. The SMILES string of the molecule is CCc1noc(CCC(=O)N2CCC(c3ccc(C(=O)N4CCCCC4)cn3)CC2)n1. The Bertz CT molecular complexity index is 881. The Labute approximate surface area is 183 Å². The summed E-state index contributed by atoms with van der Waals surface area (Å²) in [6.07, 6.45) is 8.48. The van der Waals surface area contributed by atoms with Gasteiger partial charge in [-0.3, -0.25) is 14.6 Å². The number of piperidine rings is 2. The predicted molar refractivity (Wildman–Crippen MR) is 115 cm³/mol. The highest BCUT2D eigenvalue weighted by atomic mass is 16.5. The van der Waals surface area contributed by atoms with E-state index in [0.29, 0.717) is 36.0 Å². The monoisotopic (exact) mass is 425 g/mol. The van der Waals surface area contributed by atoms with E-state index in [1.165, 1.54) is 6.42 Å². The Balaban J connectivity index is 1.25. The number of amides is 2. The highest BCUT2D eigenvalue weighted by molar-refractivity contribution is 5.94. The Morgan fingerprint density at radius 3 is 2.48 bits per heavy atom. The molecule has 0 atom stereocenters. The smallest absolute Gasteiger partial charge is 0.255 e. The largest absolute Gasteiger partial charge is 0.343 e. The van der Waals surface area contributed by atoms with Crippen molar-refractivity contribution in [1.29, 1.82) is 0 Å². The van der Waals surface area contributed by atoms with Crippen molar-refractivity contribution in [3.63, 3.8) is 0 Å². The van der Waals surface area contributed by atoms with Crippen molar-refractivity contribution in [2.75, 3.05) is 26.2 Å². The van der Waals surface area contributed by atoms with Crippen LogP contribution in [0.3, 0.4) is 0 Å². The van der Waals surface area contributed by atoms with Gasteiger partial charge in [-0.1, -0.05) is 12.1 Å². The van der Waals surface area contributed by atoms with Crippen molar-refractivity contribution >= 4 is 11.8 Å². The molecule has 0 spiro atoms. The van der Waals surface area contributed by atoms with Crippen LogP contribution in [0.4, 0.5) is 0 Å². The lowest BCUT2D eigenvalue weighted by Crippen LogP contribution is -2.38. The van der Waals surface area contributed by atoms with E-state index in [4.69, 9.17) is 4.52 Å². The molecule has 2 fully saturated rings. The zero-order valence-corrected chi connectivity index (χ0v) is 18.3. The van der Waals surface area contributed by atoms with E-state index in [2.05, 4.69) is 15.1 Å². The minimum atomic E-state index is 0.0893. The molecule has 0 N–H and O–H groups in total. The normalized spacial score (nSPS) is 17.7. The molecule has 0 aliphatic carbocycles. The van der Waals surface area contributed by atoms with Gasteiger partial charge in [-0.05, 0) is 44.2 Å². The standard InChI is InChI=1S/C23H31N5O3/c1-2-20-25-21(31-26-20)8-9-22(29)27-14-10-17(11-15-27)19-7-6-18(16-24-19)23(30)28-12-4-3-5-13-28/h6-7,16-17H,2-5,8-15H2,1H3. The topological polar surface area (TPSA) is 92.4 Å². The molecule has 2 amide bonds. The van der Waals surface area contributed by atoms with E-state index < -0.39 is 0 Å². The Kier molecular flexibility index (Phi) is 6.94. The molecule has 0 saturated carbocycles. The summed E-state index contributed by atoms with van der Waals surface area (Å²) in [5.74, 6) is 1.76. The van der Waals surface area contributed by atoms with Gasteiger partial charge in [-0.2, -0.15) is 4.98 Å². The Hall–Kier alpha value is -2.77. The summed E-state index contributed by atoms with van der Waals surface area (Å²) in [7, 11) is 0. The molecule has 8 nitrogen and oxygen atoms in total. The zero-order valence-electron chi connectivity index (χ0n) is 18.3. The minimum absolute atomic E-state index is 0.0893. The van der Waals surface area contributed by atoms with E-state index in [9.17, 15) is 9.59 Å². The quantitative estimate of drug-likeness (QED) is 0.706. The maximum atomic E-state index is 12.6.